The number of nitrogens with one attached hydrogen (secondary N) is 1. The maximum Gasteiger partial charge on any atom is 0.269 e. The molecule has 0 aromatic carbocycles. The van der Waals surface area contributed by atoms with E-state index in [2.05, 4.69) is 0 Å². The molecule has 0 radical (unpaired) electrons. The van der Waals surface area contributed by atoms with Crippen LogP contribution in [0.15, 0.2) is 0 Å². The first-order valence-electron chi connectivity index (χ1n) is 3.45. The normalized spacial score (nSPS) is 23.5. The van der Waals surface area contributed by atoms with Crippen LogP contribution >= 0.6 is 0 Å². The fraction of sp³-hybridized carbons (Fsp3) is 0.833. The van der Waals surface area contributed by atoms with Crippen molar-refractivity contribution in [2.24, 2.45) is 0 Å². The van der Waals surface area contributed by atoms with Crippen molar-refractivity contribution < 1.29 is 19.5 Å². The quantitative estimate of drug-likeness (QED) is 0.424. The van der Waals surface area contributed by atoms with Crippen LogP contribution in [0.4, 0.5) is 0 Å². The van der Waals surface area contributed by atoms with Crippen molar-refractivity contribution in [1.29, 1.82) is 0 Å². The summed E-state index contributed by atoms with van der Waals surface area (Å²) >= 11 is 0. The van der Waals surface area contributed by atoms with E-state index in [4.69, 9.17) is 14.7 Å². The molecular weight excluding hydrogens is 150 g/mol. The SMILES string of the molecule is O=C(COC1CCOC1)NO. The first-order valence-corrected chi connectivity index (χ1v) is 3.45. The summed E-state index contributed by atoms with van der Waals surface area (Å²) in [4.78, 5) is 10.4. The number of hydroxylamine groups is 1. The molecule has 0 bridgehead atoms. The first kappa shape index (κ1) is 8.45. The van der Waals surface area contributed by atoms with Crippen molar-refractivity contribution in [1.82, 2.24) is 5.48 Å². The van der Waals surface area contributed by atoms with Crippen molar-refractivity contribution in [3.8, 4) is 0 Å². The molecule has 0 aromatic heterocycles. The molecule has 1 aliphatic rings. The lowest BCUT2D eigenvalue weighted by Crippen LogP contribution is -2.27. The average Bonchev–Trinajstić information content (AvgIpc) is 2.52. The molecule has 1 saturated heterocycles. The van der Waals surface area contributed by atoms with Crippen molar-refractivity contribution in [2.45, 2.75) is 12.5 Å². The Balaban J connectivity index is 2.06. The minimum atomic E-state index is -0.531. The van der Waals surface area contributed by atoms with Crippen molar-refractivity contribution in [3.05, 3.63) is 0 Å². The van der Waals surface area contributed by atoms with Crippen molar-refractivity contribution in [2.75, 3.05) is 19.8 Å². The lowest BCUT2D eigenvalue weighted by Gasteiger charge is -2.07. The number of carbonyl (C=O) groups is 1. The summed E-state index contributed by atoms with van der Waals surface area (Å²) in [5.41, 5.74) is 1.48. The molecule has 0 aromatic rings. The summed E-state index contributed by atoms with van der Waals surface area (Å²) in [6.07, 6.45) is 0.825. The summed E-state index contributed by atoms with van der Waals surface area (Å²) in [6.45, 7) is 1.12. The highest BCUT2D eigenvalue weighted by molar-refractivity contribution is 5.75. The van der Waals surface area contributed by atoms with Gasteiger partial charge in [-0.05, 0) is 6.42 Å². The first-order chi connectivity index (χ1) is 5.33. The van der Waals surface area contributed by atoms with Gasteiger partial charge in [-0.25, -0.2) is 5.48 Å². The van der Waals surface area contributed by atoms with E-state index in [9.17, 15) is 4.79 Å². The minimum Gasteiger partial charge on any atom is -0.379 e. The summed E-state index contributed by atoms with van der Waals surface area (Å²) in [5.74, 6) is -0.531. The van der Waals surface area contributed by atoms with Crippen LogP contribution < -0.4 is 5.48 Å². The third-order valence-electron chi connectivity index (χ3n) is 1.46. The van der Waals surface area contributed by atoms with Gasteiger partial charge < -0.3 is 9.47 Å². The Bertz CT molecular complexity index is 133. The number of hydrogen-bond donors (Lipinski definition) is 2. The molecule has 11 heavy (non-hydrogen) atoms. The number of ether oxygens (including phenoxy) is 2. The van der Waals surface area contributed by atoms with Gasteiger partial charge in [0.2, 0.25) is 0 Å². The summed E-state index contributed by atoms with van der Waals surface area (Å²) in [7, 11) is 0. The van der Waals surface area contributed by atoms with E-state index in [0.29, 0.717) is 13.2 Å². The van der Waals surface area contributed by atoms with Gasteiger partial charge in [0.15, 0.2) is 0 Å². The van der Waals surface area contributed by atoms with E-state index in [-0.39, 0.29) is 12.7 Å². The van der Waals surface area contributed by atoms with Crippen LogP contribution in [-0.2, 0) is 14.3 Å². The molecule has 5 nitrogen and oxygen atoms in total. The van der Waals surface area contributed by atoms with E-state index >= 15 is 0 Å². The smallest absolute Gasteiger partial charge is 0.269 e. The molecule has 1 atom stereocenters. The fourth-order valence-corrected chi connectivity index (χ4v) is 0.870. The second kappa shape index (κ2) is 4.27. The van der Waals surface area contributed by atoms with Crippen molar-refractivity contribution in [3.63, 3.8) is 0 Å². The molecule has 1 fully saturated rings. The molecule has 1 unspecified atom stereocenters. The zero-order chi connectivity index (χ0) is 8.10. The predicted molar refractivity (Wildman–Crippen MR) is 35.1 cm³/mol. The maximum absolute atomic E-state index is 10.4. The van der Waals surface area contributed by atoms with Crippen LogP contribution in [0.2, 0.25) is 0 Å². The van der Waals surface area contributed by atoms with Gasteiger partial charge >= 0.3 is 0 Å². The van der Waals surface area contributed by atoms with Gasteiger partial charge in [-0.15, -0.1) is 0 Å². The van der Waals surface area contributed by atoms with Gasteiger partial charge in [-0.3, -0.25) is 10.0 Å². The van der Waals surface area contributed by atoms with Crippen LogP contribution in [-0.4, -0.2) is 37.0 Å². The maximum atomic E-state index is 10.4. The molecule has 1 aliphatic heterocycles. The van der Waals surface area contributed by atoms with Crippen LogP contribution in [0.3, 0.4) is 0 Å². The Labute approximate surface area is 64.2 Å². The predicted octanol–water partition coefficient (Wildman–Crippen LogP) is -0.703. The van der Waals surface area contributed by atoms with E-state index in [1.807, 2.05) is 0 Å². The van der Waals surface area contributed by atoms with Crippen LogP contribution in [0, 0.1) is 0 Å². The second-order valence-corrected chi connectivity index (χ2v) is 2.33. The summed E-state index contributed by atoms with van der Waals surface area (Å²) in [6, 6.07) is 0. The molecule has 0 saturated carbocycles. The second-order valence-electron chi connectivity index (χ2n) is 2.33. The highest BCUT2D eigenvalue weighted by Gasteiger charge is 2.16. The molecule has 5 heteroatoms. The summed E-state index contributed by atoms with van der Waals surface area (Å²) in [5, 5.41) is 8.10. The highest BCUT2D eigenvalue weighted by atomic mass is 16.6. The molecular formula is C6H11NO4. The average molecular weight is 161 g/mol. The molecule has 1 amide bonds. The van der Waals surface area contributed by atoms with Gasteiger partial charge in [-0.2, -0.15) is 0 Å². The van der Waals surface area contributed by atoms with E-state index < -0.39 is 5.91 Å². The number of hydrogen-bond acceptors (Lipinski definition) is 4. The number of rotatable bonds is 3. The molecule has 1 heterocycles. The highest BCUT2D eigenvalue weighted by Crippen LogP contribution is 2.07. The largest absolute Gasteiger partial charge is 0.379 e. The van der Waals surface area contributed by atoms with Gasteiger partial charge in [0.25, 0.3) is 5.91 Å². The molecule has 1 rings (SSSR count). The van der Waals surface area contributed by atoms with Gasteiger partial charge in [-0.1, -0.05) is 0 Å². The molecule has 2 N–H and O–H groups in total. The van der Waals surface area contributed by atoms with Gasteiger partial charge in [0, 0.05) is 6.61 Å². The summed E-state index contributed by atoms with van der Waals surface area (Å²) < 4.78 is 10.1. The number of amides is 1. The van der Waals surface area contributed by atoms with Crippen LogP contribution in [0.25, 0.3) is 0 Å². The zero-order valence-electron chi connectivity index (χ0n) is 6.08. The Morgan fingerprint density at radius 1 is 1.82 bits per heavy atom. The van der Waals surface area contributed by atoms with E-state index in [1.165, 1.54) is 5.48 Å². The molecule has 0 spiro atoms. The Morgan fingerprint density at radius 3 is 3.18 bits per heavy atom. The van der Waals surface area contributed by atoms with Crippen LogP contribution in [0.1, 0.15) is 6.42 Å². The van der Waals surface area contributed by atoms with Crippen LogP contribution in [0.5, 0.6) is 0 Å². The number of carbonyl (C=O) groups excluding carboxylic acids is 1. The van der Waals surface area contributed by atoms with Crippen molar-refractivity contribution >= 4 is 5.91 Å². The lowest BCUT2D eigenvalue weighted by atomic mass is 10.3. The van der Waals surface area contributed by atoms with Gasteiger partial charge in [0.1, 0.15) is 6.61 Å². The Kier molecular flexibility index (Phi) is 3.28. The third-order valence-corrected chi connectivity index (χ3v) is 1.46. The Hall–Kier alpha value is -0.650. The Morgan fingerprint density at radius 2 is 2.64 bits per heavy atom. The zero-order valence-corrected chi connectivity index (χ0v) is 6.08. The van der Waals surface area contributed by atoms with E-state index in [0.717, 1.165) is 6.42 Å². The molecule has 64 valence electrons. The van der Waals surface area contributed by atoms with Gasteiger partial charge in [0.05, 0.1) is 12.7 Å². The monoisotopic (exact) mass is 161 g/mol. The lowest BCUT2D eigenvalue weighted by molar-refractivity contribution is -0.135. The molecule has 0 aliphatic carbocycles. The topological polar surface area (TPSA) is 67.8 Å². The standard InChI is InChI=1S/C6H11NO4/c8-6(7-9)4-11-5-1-2-10-3-5/h5,9H,1-4H2,(H,7,8). The third kappa shape index (κ3) is 2.83. The van der Waals surface area contributed by atoms with E-state index in [1.54, 1.807) is 0 Å². The fourth-order valence-electron chi connectivity index (χ4n) is 0.870. The minimum absolute atomic E-state index is 0.00676.